The molecule has 0 spiro atoms. The third-order valence-electron chi connectivity index (χ3n) is 11.6. The summed E-state index contributed by atoms with van der Waals surface area (Å²) in [5.74, 6) is -0.0322. The number of aliphatic hydroxyl groups is 1. The third kappa shape index (κ3) is 8.95. The number of para-hydroxylation sites is 4. The standard InChI is InChI=1S/C49H32F2N3O2.C7H10N2O.Ir/c50-34-17-22-43(44(51)28-34)45-27-32(23-24-52-45)30-55-37-18-20-38(21-19-37)56-31-33-25-35(53-46-13-5-1-9-39(46)40-10-2-6-14-47(40)53)29-36(26-33)54-48-15-7-3-11-41(48)42-12-4-8-16-49(42)54;1-5-4-7(6(2)10)8-9(5)3;/h1-21,23-29H,30-31H2;4,10H,2H2,1,3H3;/q-1;;. The molecule has 0 fully saturated rings. The largest absolute Gasteiger partial charge is 0.506 e. The zero-order valence-corrected chi connectivity index (χ0v) is 38.8. The molecular weight excluding hydrogens is 1020 g/mol. The van der Waals surface area contributed by atoms with E-state index in [0.717, 1.165) is 62.4 Å². The van der Waals surface area contributed by atoms with Crippen LogP contribution < -0.4 is 9.47 Å². The Kier molecular flexibility index (Phi) is 12.5. The van der Waals surface area contributed by atoms with Gasteiger partial charge in [0.25, 0.3) is 0 Å². The number of aromatic nitrogens is 5. The summed E-state index contributed by atoms with van der Waals surface area (Å²) >= 11 is 0. The molecule has 0 saturated carbocycles. The average molecular weight is 1060 g/mol. The molecular formula is C56H42F2IrN5O3-. The molecule has 67 heavy (non-hydrogen) atoms. The Morgan fingerprint density at radius 3 is 1.54 bits per heavy atom. The van der Waals surface area contributed by atoms with E-state index in [0.29, 0.717) is 29.5 Å². The fourth-order valence-electron chi connectivity index (χ4n) is 8.41. The molecule has 11 rings (SSSR count). The number of halogens is 2. The Morgan fingerprint density at radius 1 is 0.627 bits per heavy atom. The van der Waals surface area contributed by atoms with E-state index in [2.05, 4.69) is 147 Å². The monoisotopic (exact) mass is 1060 g/mol. The molecule has 333 valence electrons. The Balaban J connectivity index is 0.000000456. The number of hydrogen-bond acceptors (Lipinski definition) is 5. The van der Waals surface area contributed by atoms with Crippen molar-refractivity contribution >= 4 is 49.4 Å². The van der Waals surface area contributed by atoms with Crippen molar-refractivity contribution in [1.29, 1.82) is 0 Å². The molecule has 0 atom stereocenters. The van der Waals surface area contributed by atoms with E-state index in [1.165, 1.54) is 21.5 Å². The first-order chi connectivity index (χ1) is 32.2. The van der Waals surface area contributed by atoms with E-state index in [-0.39, 0.29) is 38.0 Å². The SMILES string of the molecule is C=C(O)c1cc(C)n(C)n1.Fc1c[c-]c(-c2cc(COc3ccc(OCc4cc(-n5c6ccccc6c6ccccc65)cc(-n5c6ccccc6c6ccccc65)c4)cc3)ccn2)c(F)c1.[Ir]. The summed E-state index contributed by atoms with van der Waals surface area (Å²) in [6.45, 7) is 5.85. The number of rotatable bonds is 10. The molecule has 4 aromatic heterocycles. The van der Waals surface area contributed by atoms with Crippen molar-refractivity contribution in [3.05, 3.63) is 223 Å². The molecule has 11 heteroatoms. The van der Waals surface area contributed by atoms with Gasteiger partial charge in [0.15, 0.2) is 0 Å². The Bertz CT molecular complexity index is 3340. The molecule has 0 aliphatic heterocycles. The summed E-state index contributed by atoms with van der Waals surface area (Å²) in [4.78, 5) is 4.24. The maximum absolute atomic E-state index is 14.4. The third-order valence-corrected chi connectivity index (χ3v) is 11.6. The summed E-state index contributed by atoms with van der Waals surface area (Å²) in [7, 11) is 1.82. The number of benzene rings is 7. The van der Waals surface area contributed by atoms with E-state index >= 15 is 0 Å². The van der Waals surface area contributed by atoms with Crippen LogP contribution in [0, 0.1) is 24.6 Å². The smallest absolute Gasteiger partial charge is 0.135 e. The average Bonchev–Trinajstić information content (AvgIpc) is 3.99. The second-order valence-corrected chi connectivity index (χ2v) is 16.0. The zero-order chi connectivity index (χ0) is 45.3. The molecule has 1 N–H and O–H groups in total. The van der Waals surface area contributed by atoms with Gasteiger partial charge in [-0.2, -0.15) is 5.10 Å². The minimum absolute atomic E-state index is 0. The Hall–Kier alpha value is -7.85. The van der Waals surface area contributed by atoms with Gasteiger partial charge in [0.1, 0.15) is 36.2 Å². The van der Waals surface area contributed by atoms with Gasteiger partial charge in [0.05, 0.1) is 22.1 Å². The van der Waals surface area contributed by atoms with Gasteiger partial charge in [-0.15, -0.1) is 12.1 Å². The van der Waals surface area contributed by atoms with E-state index in [1.807, 2.05) is 38.2 Å². The van der Waals surface area contributed by atoms with Crippen LogP contribution in [0.1, 0.15) is 22.5 Å². The van der Waals surface area contributed by atoms with Crippen LogP contribution in [0.25, 0.3) is 72.0 Å². The number of hydrogen-bond donors (Lipinski definition) is 1. The summed E-state index contributed by atoms with van der Waals surface area (Å²) in [6, 6.07) is 58.2. The normalized spacial score (nSPS) is 11.1. The molecule has 11 aromatic rings. The van der Waals surface area contributed by atoms with Crippen LogP contribution in [0.5, 0.6) is 11.5 Å². The summed E-state index contributed by atoms with van der Waals surface area (Å²) in [5.41, 5.74) is 10.5. The van der Waals surface area contributed by atoms with E-state index in [4.69, 9.17) is 14.6 Å². The van der Waals surface area contributed by atoms with E-state index in [1.54, 1.807) is 29.1 Å². The van der Waals surface area contributed by atoms with Crippen LogP contribution in [0.2, 0.25) is 0 Å². The number of aryl methyl sites for hydroxylation is 2. The number of ether oxygens (including phenoxy) is 2. The number of pyridine rings is 1. The van der Waals surface area contributed by atoms with Gasteiger partial charge in [-0.3, -0.25) is 13.5 Å². The van der Waals surface area contributed by atoms with Gasteiger partial charge in [0.2, 0.25) is 0 Å². The molecule has 0 aliphatic carbocycles. The van der Waals surface area contributed by atoms with Gasteiger partial charge in [-0.25, -0.2) is 0 Å². The molecule has 4 heterocycles. The second-order valence-electron chi connectivity index (χ2n) is 16.0. The first kappa shape index (κ1) is 44.4. The first-order valence-corrected chi connectivity index (χ1v) is 21.4. The Labute approximate surface area is 399 Å². The van der Waals surface area contributed by atoms with Crippen LogP contribution >= 0.6 is 0 Å². The zero-order valence-electron chi connectivity index (χ0n) is 36.5. The molecule has 1 radical (unpaired) electrons. The summed E-state index contributed by atoms with van der Waals surface area (Å²) in [5, 5.41) is 17.7. The minimum atomic E-state index is -0.715. The van der Waals surface area contributed by atoms with Crippen molar-refractivity contribution < 1.29 is 43.5 Å². The quantitative estimate of drug-likeness (QED) is 0.109. The van der Waals surface area contributed by atoms with E-state index in [9.17, 15) is 8.78 Å². The molecule has 0 aliphatic rings. The molecule has 0 unspecified atom stereocenters. The van der Waals surface area contributed by atoms with Crippen LogP contribution in [0.15, 0.2) is 183 Å². The summed E-state index contributed by atoms with van der Waals surface area (Å²) in [6.07, 6.45) is 1.57. The molecule has 0 saturated heterocycles. The fourth-order valence-corrected chi connectivity index (χ4v) is 8.41. The van der Waals surface area contributed by atoms with Crippen molar-refractivity contribution in [3.63, 3.8) is 0 Å². The van der Waals surface area contributed by atoms with Crippen molar-refractivity contribution in [3.8, 4) is 34.1 Å². The van der Waals surface area contributed by atoms with Gasteiger partial charge in [-0.05, 0) is 103 Å². The Morgan fingerprint density at radius 2 is 1.10 bits per heavy atom. The predicted octanol–water partition coefficient (Wildman–Crippen LogP) is 13.4. The molecule has 0 amide bonds. The number of aliphatic hydroxyl groups excluding tert-OH is 1. The minimum Gasteiger partial charge on any atom is -0.506 e. The van der Waals surface area contributed by atoms with Gasteiger partial charge in [0, 0.05) is 83.6 Å². The van der Waals surface area contributed by atoms with Crippen molar-refractivity contribution in [1.82, 2.24) is 23.9 Å². The van der Waals surface area contributed by atoms with Crippen LogP contribution in [-0.2, 0) is 40.4 Å². The van der Waals surface area contributed by atoms with Crippen molar-refractivity contribution in [2.75, 3.05) is 0 Å². The molecule has 0 bridgehead atoms. The van der Waals surface area contributed by atoms with Crippen LogP contribution in [-0.4, -0.2) is 29.0 Å². The van der Waals surface area contributed by atoms with Gasteiger partial charge >= 0.3 is 0 Å². The second kappa shape index (κ2) is 18.9. The summed E-state index contributed by atoms with van der Waals surface area (Å²) < 4.78 is 46.7. The van der Waals surface area contributed by atoms with Gasteiger partial charge < -0.3 is 28.7 Å². The topological polar surface area (TPSA) is 79.3 Å². The van der Waals surface area contributed by atoms with Crippen molar-refractivity contribution in [2.45, 2.75) is 20.1 Å². The van der Waals surface area contributed by atoms with E-state index < -0.39 is 11.6 Å². The number of fused-ring (bicyclic) bond motifs is 6. The first-order valence-electron chi connectivity index (χ1n) is 21.4. The van der Waals surface area contributed by atoms with Gasteiger partial charge in [-0.1, -0.05) is 97.1 Å². The maximum Gasteiger partial charge on any atom is 0.135 e. The maximum atomic E-state index is 14.4. The van der Waals surface area contributed by atoms with Crippen LogP contribution in [0.3, 0.4) is 0 Å². The van der Waals surface area contributed by atoms with Crippen molar-refractivity contribution in [2.24, 2.45) is 7.05 Å². The predicted molar refractivity (Wildman–Crippen MR) is 258 cm³/mol. The fraction of sp³-hybridized carbons (Fsp3) is 0.0714. The van der Waals surface area contributed by atoms with Crippen LogP contribution in [0.4, 0.5) is 8.78 Å². The number of nitrogens with zero attached hydrogens (tertiary/aromatic N) is 5. The molecule has 7 aromatic carbocycles. The molecule has 8 nitrogen and oxygen atoms in total.